The lowest BCUT2D eigenvalue weighted by molar-refractivity contribution is -0.131. The molecule has 2 rings (SSSR count). The van der Waals surface area contributed by atoms with Crippen LogP contribution in [0.2, 0.25) is 0 Å². The van der Waals surface area contributed by atoms with Crippen LogP contribution in [0.25, 0.3) is 10.9 Å². The van der Waals surface area contributed by atoms with Crippen molar-refractivity contribution in [3.05, 3.63) is 29.5 Å². The number of hydrogen-bond donors (Lipinski definition) is 0. The molecule has 2 aromatic rings. The van der Waals surface area contributed by atoms with E-state index in [1.807, 2.05) is 24.6 Å². The molecule has 0 fully saturated rings. The maximum Gasteiger partial charge on any atom is 0.308 e. The lowest BCUT2D eigenvalue weighted by atomic mass is 10.1. The summed E-state index contributed by atoms with van der Waals surface area (Å²) >= 11 is 0. The van der Waals surface area contributed by atoms with Crippen LogP contribution in [0.4, 0.5) is 0 Å². The van der Waals surface area contributed by atoms with E-state index >= 15 is 0 Å². The topological polar surface area (TPSA) is 55.0 Å². The summed E-state index contributed by atoms with van der Waals surface area (Å²) in [5.41, 5.74) is 2.48. The number of carbonyl (C=O) groups excluding carboxylic acids is 1. The van der Waals surface area contributed by atoms with E-state index in [-0.39, 0.29) is 5.97 Å². The molecule has 0 atom stereocenters. The molecule has 0 saturated carbocycles. The van der Waals surface area contributed by atoms with E-state index in [9.17, 15) is 4.79 Å². The van der Waals surface area contributed by atoms with Crippen molar-refractivity contribution in [1.29, 1.82) is 5.26 Å². The number of aryl methyl sites for hydroxylation is 1. The van der Waals surface area contributed by atoms with E-state index in [4.69, 9.17) is 10.00 Å². The van der Waals surface area contributed by atoms with Crippen molar-refractivity contribution < 1.29 is 9.53 Å². The predicted molar refractivity (Wildman–Crippen MR) is 63.7 cm³/mol. The molecule has 1 aromatic heterocycles. The van der Waals surface area contributed by atoms with Gasteiger partial charge in [-0.1, -0.05) is 0 Å². The highest BCUT2D eigenvalue weighted by Crippen LogP contribution is 2.27. The lowest BCUT2D eigenvalue weighted by Crippen LogP contribution is -2.00. The number of nitriles is 1. The van der Waals surface area contributed by atoms with Gasteiger partial charge in [-0.05, 0) is 25.1 Å². The van der Waals surface area contributed by atoms with Gasteiger partial charge in [-0.3, -0.25) is 4.79 Å². The Morgan fingerprint density at radius 2 is 2.18 bits per heavy atom. The van der Waals surface area contributed by atoms with Crippen molar-refractivity contribution in [1.82, 2.24) is 4.57 Å². The molecule has 0 amide bonds. The van der Waals surface area contributed by atoms with Gasteiger partial charge in [-0.2, -0.15) is 5.26 Å². The predicted octanol–water partition coefficient (Wildman–Crippen LogP) is 2.28. The van der Waals surface area contributed by atoms with Gasteiger partial charge in [0.25, 0.3) is 0 Å². The monoisotopic (exact) mass is 228 g/mol. The summed E-state index contributed by atoms with van der Waals surface area (Å²) in [5, 5.41) is 9.94. The highest BCUT2D eigenvalue weighted by molar-refractivity contribution is 5.89. The first-order valence-electron chi connectivity index (χ1n) is 5.22. The van der Waals surface area contributed by atoms with Crippen molar-refractivity contribution in [2.75, 3.05) is 0 Å². The Labute approximate surface area is 99.0 Å². The van der Waals surface area contributed by atoms with Crippen LogP contribution in [-0.4, -0.2) is 10.5 Å². The van der Waals surface area contributed by atoms with E-state index < -0.39 is 0 Å². The van der Waals surface area contributed by atoms with Gasteiger partial charge in [0.1, 0.15) is 11.8 Å². The molecule has 0 radical (unpaired) electrons. The van der Waals surface area contributed by atoms with Crippen LogP contribution in [0, 0.1) is 18.3 Å². The standard InChI is InChI=1S/C13H12N2O2/c1-8-12(7-14)11-6-10(17-9(2)16)4-5-13(11)15(8)3/h4-6H,1-3H3. The normalized spacial score (nSPS) is 10.2. The fraction of sp³-hybridized carbons (Fsp3) is 0.231. The quantitative estimate of drug-likeness (QED) is 0.555. The Hall–Kier alpha value is -2.28. The number of fused-ring (bicyclic) bond motifs is 1. The number of ether oxygens (including phenoxy) is 1. The van der Waals surface area contributed by atoms with Gasteiger partial charge in [-0.15, -0.1) is 0 Å². The Morgan fingerprint density at radius 1 is 1.47 bits per heavy atom. The largest absolute Gasteiger partial charge is 0.427 e. The highest BCUT2D eigenvalue weighted by atomic mass is 16.5. The Bertz CT molecular complexity index is 647. The van der Waals surface area contributed by atoms with Gasteiger partial charge in [0.05, 0.1) is 5.56 Å². The molecule has 4 nitrogen and oxygen atoms in total. The molecule has 0 unspecified atom stereocenters. The molecule has 0 aliphatic rings. The number of benzene rings is 1. The van der Waals surface area contributed by atoms with Crippen LogP contribution in [0.5, 0.6) is 5.75 Å². The van der Waals surface area contributed by atoms with Crippen LogP contribution >= 0.6 is 0 Å². The number of esters is 1. The maximum atomic E-state index is 10.9. The summed E-state index contributed by atoms with van der Waals surface area (Å²) < 4.78 is 6.96. The van der Waals surface area contributed by atoms with Gasteiger partial charge >= 0.3 is 5.97 Å². The van der Waals surface area contributed by atoms with E-state index in [0.717, 1.165) is 16.6 Å². The minimum atomic E-state index is -0.365. The molecule has 0 saturated heterocycles. The first-order valence-corrected chi connectivity index (χ1v) is 5.22. The van der Waals surface area contributed by atoms with E-state index in [1.165, 1.54) is 6.92 Å². The second-order valence-corrected chi connectivity index (χ2v) is 3.90. The third-order valence-corrected chi connectivity index (χ3v) is 2.84. The molecule has 1 aromatic carbocycles. The van der Waals surface area contributed by atoms with Crippen molar-refractivity contribution in [3.8, 4) is 11.8 Å². The average Bonchev–Trinajstić information content (AvgIpc) is 2.50. The van der Waals surface area contributed by atoms with Crippen molar-refractivity contribution >= 4 is 16.9 Å². The lowest BCUT2D eigenvalue weighted by Gasteiger charge is -2.02. The van der Waals surface area contributed by atoms with Gasteiger partial charge < -0.3 is 9.30 Å². The number of aromatic nitrogens is 1. The zero-order chi connectivity index (χ0) is 12.6. The van der Waals surface area contributed by atoms with Crippen LogP contribution in [0.3, 0.4) is 0 Å². The second-order valence-electron chi connectivity index (χ2n) is 3.90. The number of nitrogens with zero attached hydrogens (tertiary/aromatic N) is 2. The van der Waals surface area contributed by atoms with Crippen molar-refractivity contribution in [3.63, 3.8) is 0 Å². The molecule has 0 bridgehead atoms. The van der Waals surface area contributed by atoms with Crippen molar-refractivity contribution in [2.24, 2.45) is 7.05 Å². The zero-order valence-electron chi connectivity index (χ0n) is 9.94. The Balaban J connectivity index is 2.69. The van der Waals surface area contributed by atoms with E-state index in [0.29, 0.717) is 11.3 Å². The van der Waals surface area contributed by atoms with E-state index in [2.05, 4.69) is 6.07 Å². The molecule has 86 valence electrons. The SMILES string of the molecule is CC(=O)Oc1ccc2c(c1)c(C#N)c(C)n2C. The number of hydrogen-bond acceptors (Lipinski definition) is 3. The zero-order valence-corrected chi connectivity index (χ0v) is 9.94. The van der Waals surface area contributed by atoms with Gasteiger partial charge in [0.2, 0.25) is 0 Å². The molecule has 1 heterocycles. The highest BCUT2D eigenvalue weighted by Gasteiger charge is 2.12. The Kier molecular flexibility index (Phi) is 2.60. The molecule has 0 N–H and O–H groups in total. The van der Waals surface area contributed by atoms with Crippen LogP contribution in [0.1, 0.15) is 18.2 Å². The average molecular weight is 228 g/mol. The summed E-state index contributed by atoms with van der Waals surface area (Å²) in [6.07, 6.45) is 0. The first-order chi connectivity index (χ1) is 8.04. The smallest absolute Gasteiger partial charge is 0.308 e. The minimum absolute atomic E-state index is 0.365. The minimum Gasteiger partial charge on any atom is -0.427 e. The van der Waals surface area contributed by atoms with Crippen LogP contribution in [0.15, 0.2) is 18.2 Å². The summed E-state index contributed by atoms with van der Waals surface area (Å²) in [5.74, 6) is 0.0996. The summed E-state index contributed by atoms with van der Waals surface area (Å²) in [4.78, 5) is 10.9. The van der Waals surface area contributed by atoms with Gasteiger partial charge in [-0.25, -0.2) is 0 Å². The van der Waals surface area contributed by atoms with Gasteiger partial charge in [0, 0.05) is 30.6 Å². The third kappa shape index (κ3) is 1.76. The number of carbonyl (C=O) groups is 1. The fourth-order valence-corrected chi connectivity index (χ4v) is 1.92. The maximum absolute atomic E-state index is 10.9. The van der Waals surface area contributed by atoms with Crippen LogP contribution in [-0.2, 0) is 11.8 Å². The van der Waals surface area contributed by atoms with Crippen molar-refractivity contribution in [2.45, 2.75) is 13.8 Å². The summed E-state index contributed by atoms with van der Waals surface area (Å²) in [6.45, 7) is 3.25. The molecule has 0 aliphatic carbocycles. The van der Waals surface area contributed by atoms with E-state index in [1.54, 1.807) is 12.1 Å². The Morgan fingerprint density at radius 3 is 2.76 bits per heavy atom. The number of rotatable bonds is 1. The first kappa shape index (κ1) is 11.2. The second kappa shape index (κ2) is 3.95. The molecule has 4 heteroatoms. The fourth-order valence-electron chi connectivity index (χ4n) is 1.92. The summed E-state index contributed by atoms with van der Waals surface area (Å²) in [7, 11) is 1.91. The molecule has 17 heavy (non-hydrogen) atoms. The molecule has 0 aliphatic heterocycles. The van der Waals surface area contributed by atoms with Crippen LogP contribution < -0.4 is 4.74 Å². The molecular weight excluding hydrogens is 216 g/mol. The third-order valence-electron chi connectivity index (χ3n) is 2.84. The van der Waals surface area contributed by atoms with Gasteiger partial charge in [0.15, 0.2) is 0 Å². The summed E-state index contributed by atoms with van der Waals surface area (Å²) in [6, 6.07) is 7.48. The molecule has 0 spiro atoms. The molecular formula is C13H12N2O2.